The number of hydrogen-bond donors (Lipinski definition) is 1. The molecule has 0 aliphatic rings. The lowest BCUT2D eigenvalue weighted by Crippen LogP contribution is -2.13. The van der Waals surface area contributed by atoms with Crippen LogP contribution in [0.3, 0.4) is 0 Å². The monoisotopic (exact) mass is 230 g/mol. The van der Waals surface area contributed by atoms with E-state index in [1.807, 2.05) is 12.1 Å². The molecule has 0 atom stereocenters. The summed E-state index contributed by atoms with van der Waals surface area (Å²) in [5, 5.41) is 1.19. The van der Waals surface area contributed by atoms with Crippen LogP contribution >= 0.6 is 7.29 Å². The molecule has 0 heterocycles. The van der Waals surface area contributed by atoms with Crippen LogP contribution in [0.1, 0.15) is 0 Å². The molecule has 2 aromatic carbocycles. The zero-order valence-electron chi connectivity index (χ0n) is 8.58. The standard InChI is InChI=1S/C12H11N2OP/c13-14-16(15,11-7-3-1-4-8-11)12-9-5-2-6-10-12/h1-10,13H. The average molecular weight is 230 g/mol. The smallest absolute Gasteiger partial charge is 0.265 e. The van der Waals surface area contributed by atoms with Crippen molar-refractivity contribution in [3.63, 3.8) is 0 Å². The van der Waals surface area contributed by atoms with Crippen molar-refractivity contribution < 1.29 is 4.57 Å². The SMILES string of the molecule is N=NP(=O)(c1ccccc1)c1ccccc1. The summed E-state index contributed by atoms with van der Waals surface area (Å²) in [6, 6.07) is 17.9. The molecule has 0 saturated carbocycles. The Labute approximate surface area is 94.1 Å². The summed E-state index contributed by atoms with van der Waals surface area (Å²) in [5.74, 6) is 0. The van der Waals surface area contributed by atoms with Crippen LogP contribution in [-0.4, -0.2) is 0 Å². The minimum absolute atomic E-state index is 0.594. The molecule has 0 aliphatic heterocycles. The Morgan fingerprint density at radius 3 is 1.50 bits per heavy atom. The molecule has 0 aromatic heterocycles. The second kappa shape index (κ2) is 4.42. The van der Waals surface area contributed by atoms with Crippen LogP contribution in [0.2, 0.25) is 0 Å². The first-order chi connectivity index (χ1) is 7.77. The number of nitrogens with one attached hydrogen (secondary N) is 1. The van der Waals surface area contributed by atoms with Gasteiger partial charge in [0.25, 0.3) is 7.29 Å². The van der Waals surface area contributed by atoms with Crippen LogP contribution in [0.15, 0.2) is 65.5 Å². The zero-order valence-corrected chi connectivity index (χ0v) is 9.47. The second-order valence-electron chi connectivity index (χ2n) is 3.35. The maximum absolute atomic E-state index is 12.6. The highest BCUT2D eigenvalue weighted by molar-refractivity contribution is 7.77. The number of nitrogens with zero attached hydrogens (tertiary/aromatic N) is 1. The Hall–Kier alpha value is -1.73. The molecule has 0 radical (unpaired) electrons. The van der Waals surface area contributed by atoms with E-state index in [1.54, 1.807) is 48.5 Å². The molecule has 3 nitrogen and oxygen atoms in total. The van der Waals surface area contributed by atoms with Gasteiger partial charge in [0.05, 0.1) is 0 Å². The highest BCUT2D eigenvalue weighted by atomic mass is 31.2. The highest BCUT2D eigenvalue weighted by Gasteiger charge is 2.25. The normalized spacial score (nSPS) is 11.0. The van der Waals surface area contributed by atoms with Crippen LogP contribution in [0.5, 0.6) is 0 Å². The average Bonchev–Trinajstić information content (AvgIpc) is 2.40. The van der Waals surface area contributed by atoms with Gasteiger partial charge in [0, 0.05) is 10.6 Å². The van der Waals surface area contributed by atoms with Crippen LogP contribution in [0.4, 0.5) is 0 Å². The van der Waals surface area contributed by atoms with Gasteiger partial charge in [-0.2, -0.15) is 0 Å². The maximum atomic E-state index is 12.6. The minimum atomic E-state index is -3.11. The molecule has 80 valence electrons. The van der Waals surface area contributed by atoms with Crippen LogP contribution in [0, 0.1) is 5.53 Å². The Morgan fingerprint density at radius 2 is 1.19 bits per heavy atom. The van der Waals surface area contributed by atoms with Crippen LogP contribution in [-0.2, 0) is 4.57 Å². The third kappa shape index (κ3) is 1.82. The van der Waals surface area contributed by atoms with Gasteiger partial charge in [0.15, 0.2) is 0 Å². The summed E-state index contributed by atoms with van der Waals surface area (Å²) in [5.41, 5.74) is 7.19. The molecule has 1 N–H and O–H groups in total. The van der Waals surface area contributed by atoms with Crippen molar-refractivity contribution in [2.24, 2.45) is 4.88 Å². The van der Waals surface area contributed by atoms with E-state index in [1.165, 1.54) is 0 Å². The van der Waals surface area contributed by atoms with Gasteiger partial charge in [-0.1, -0.05) is 36.4 Å². The van der Waals surface area contributed by atoms with Crippen molar-refractivity contribution in [3.8, 4) is 0 Å². The van der Waals surface area contributed by atoms with Gasteiger partial charge < -0.3 is 0 Å². The van der Waals surface area contributed by atoms with E-state index >= 15 is 0 Å². The number of rotatable bonds is 3. The zero-order chi connectivity index (χ0) is 11.4. The largest absolute Gasteiger partial charge is 0.287 e. The predicted molar refractivity (Wildman–Crippen MR) is 64.9 cm³/mol. The topological polar surface area (TPSA) is 53.3 Å². The van der Waals surface area contributed by atoms with Gasteiger partial charge in [-0.15, -0.1) is 4.88 Å². The molecule has 0 aliphatic carbocycles. The molecule has 0 spiro atoms. The van der Waals surface area contributed by atoms with E-state index in [9.17, 15) is 4.57 Å². The Morgan fingerprint density at radius 1 is 0.812 bits per heavy atom. The van der Waals surface area contributed by atoms with Gasteiger partial charge in [-0.3, -0.25) is 4.57 Å². The first-order valence-electron chi connectivity index (χ1n) is 4.87. The summed E-state index contributed by atoms with van der Waals surface area (Å²) in [6.45, 7) is 0. The first kappa shape index (κ1) is 10.8. The lowest BCUT2D eigenvalue weighted by molar-refractivity contribution is 0.586. The van der Waals surface area contributed by atoms with E-state index < -0.39 is 7.29 Å². The molecule has 0 fully saturated rings. The van der Waals surface area contributed by atoms with E-state index in [2.05, 4.69) is 4.88 Å². The molecular weight excluding hydrogens is 219 g/mol. The summed E-state index contributed by atoms with van der Waals surface area (Å²) < 4.78 is 12.6. The summed E-state index contributed by atoms with van der Waals surface area (Å²) in [4.78, 5) is 3.37. The minimum Gasteiger partial charge on any atom is -0.287 e. The second-order valence-corrected chi connectivity index (χ2v) is 5.73. The quantitative estimate of drug-likeness (QED) is 0.639. The Balaban J connectivity index is 2.58. The van der Waals surface area contributed by atoms with Gasteiger partial charge in [-0.05, 0) is 24.3 Å². The van der Waals surface area contributed by atoms with E-state index in [0.29, 0.717) is 10.6 Å². The molecule has 16 heavy (non-hydrogen) atoms. The summed E-state index contributed by atoms with van der Waals surface area (Å²) >= 11 is 0. The molecule has 4 heteroatoms. The molecule has 0 bridgehead atoms. The molecule has 0 unspecified atom stereocenters. The van der Waals surface area contributed by atoms with Gasteiger partial charge in [0.1, 0.15) is 0 Å². The number of hydrogen-bond acceptors (Lipinski definition) is 2. The van der Waals surface area contributed by atoms with Crippen molar-refractivity contribution in [3.05, 3.63) is 60.7 Å². The molecule has 2 aromatic rings. The van der Waals surface area contributed by atoms with Crippen molar-refractivity contribution in [2.45, 2.75) is 0 Å². The summed E-state index contributed by atoms with van der Waals surface area (Å²) in [7, 11) is -3.11. The molecular formula is C12H11N2OP. The Bertz CT molecular complexity index is 482. The lowest BCUT2D eigenvalue weighted by Gasteiger charge is -2.11. The fraction of sp³-hybridized carbons (Fsp3) is 0. The third-order valence-electron chi connectivity index (χ3n) is 2.35. The molecule has 0 amide bonds. The van der Waals surface area contributed by atoms with Gasteiger partial charge in [-0.25, -0.2) is 5.53 Å². The van der Waals surface area contributed by atoms with E-state index in [0.717, 1.165) is 0 Å². The fourth-order valence-corrected chi connectivity index (χ4v) is 3.21. The van der Waals surface area contributed by atoms with Crippen LogP contribution in [0.25, 0.3) is 0 Å². The first-order valence-corrected chi connectivity index (χ1v) is 6.53. The van der Waals surface area contributed by atoms with Gasteiger partial charge in [0.2, 0.25) is 0 Å². The molecule has 0 saturated heterocycles. The predicted octanol–water partition coefficient (Wildman–Crippen LogP) is 2.95. The fourth-order valence-electron chi connectivity index (χ4n) is 1.52. The molecule has 2 rings (SSSR count). The summed E-state index contributed by atoms with van der Waals surface area (Å²) in [6.07, 6.45) is 0. The van der Waals surface area contributed by atoms with Crippen molar-refractivity contribution in [1.29, 1.82) is 5.53 Å². The van der Waals surface area contributed by atoms with Crippen molar-refractivity contribution in [2.75, 3.05) is 0 Å². The van der Waals surface area contributed by atoms with Crippen molar-refractivity contribution in [1.82, 2.24) is 0 Å². The van der Waals surface area contributed by atoms with E-state index in [4.69, 9.17) is 5.53 Å². The lowest BCUT2D eigenvalue weighted by atomic mass is 10.4. The van der Waals surface area contributed by atoms with Gasteiger partial charge >= 0.3 is 0 Å². The number of benzene rings is 2. The maximum Gasteiger partial charge on any atom is 0.265 e. The van der Waals surface area contributed by atoms with Crippen LogP contribution < -0.4 is 10.6 Å². The van der Waals surface area contributed by atoms with Crippen molar-refractivity contribution >= 4 is 17.9 Å². The highest BCUT2D eigenvalue weighted by Crippen LogP contribution is 2.44. The van der Waals surface area contributed by atoms with E-state index in [-0.39, 0.29) is 0 Å². The third-order valence-corrected chi connectivity index (χ3v) is 4.63. The Kier molecular flexibility index (Phi) is 2.97.